The summed E-state index contributed by atoms with van der Waals surface area (Å²) in [5, 5.41) is 3.04. The molecule has 1 aromatic rings. The number of anilines is 2. The third-order valence-electron chi connectivity index (χ3n) is 5.41. The van der Waals surface area contributed by atoms with E-state index in [4.69, 9.17) is 0 Å². The molecule has 0 atom stereocenters. The van der Waals surface area contributed by atoms with E-state index in [1.54, 1.807) is 0 Å². The van der Waals surface area contributed by atoms with E-state index >= 15 is 0 Å². The number of carbonyl (C=O) groups excluding carboxylic acids is 2. The van der Waals surface area contributed by atoms with Crippen molar-refractivity contribution < 1.29 is 9.59 Å². The van der Waals surface area contributed by atoms with Gasteiger partial charge in [0.2, 0.25) is 11.8 Å². The lowest BCUT2D eigenvalue weighted by Crippen LogP contribution is -2.41. The molecule has 2 aliphatic rings. The first-order valence-corrected chi connectivity index (χ1v) is 9.96. The second kappa shape index (κ2) is 8.56. The van der Waals surface area contributed by atoms with Gasteiger partial charge in [0.1, 0.15) is 0 Å². The molecule has 5 heteroatoms. The van der Waals surface area contributed by atoms with Crippen LogP contribution in [0.3, 0.4) is 0 Å². The number of carbonyl (C=O) groups is 2. The van der Waals surface area contributed by atoms with E-state index in [-0.39, 0.29) is 17.7 Å². The van der Waals surface area contributed by atoms with Gasteiger partial charge in [-0.15, -0.1) is 0 Å². The summed E-state index contributed by atoms with van der Waals surface area (Å²) in [5.41, 5.74) is 2.09. The van der Waals surface area contributed by atoms with Crippen molar-refractivity contribution in [2.45, 2.75) is 46.0 Å². The van der Waals surface area contributed by atoms with Crippen molar-refractivity contribution in [3.8, 4) is 0 Å². The average molecular weight is 357 g/mol. The Morgan fingerprint density at radius 3 is 2.23 bits per heavy atom. The Morgan fingerprint density at radius 2 is 1.65 bits per heavy atom. The topological polar surface area (TPSA) is 52.7 Å². The highest BCUT2D eigenvalue weighted by Gasteiger charge is 2.27. The number of hydrogen-bond acceptors (Lipinski definition) is 3. The number of nitrogens with one attached hydrogen (secondary N) is 1. The van der Waals surface area contributed by atoms with Crippen molar-refractivity contribution >= 4 is 23.2 Å². The van der Waals surface area contributed by atoms with Crippen LogP contribution < -0.4 is 10.2 Å². The fourth-order valence-corrected chi connectivity index (χ4v) is 3.84. The number of likely N-dealkylation sites (tertiary alicyclic amines) is 1. The minimum Gasteiger partial charge on any atom is -0.372 e. The maximum absolute atomic E-state index is 12.5. The molecule has 142 valence electrons. The normalized spacial score (nSPS) is 18.4. The van der Waals surface area contributed by atoms with Gasteiger partial charge in [0.05, 0.1) is 0 Å². The summed E-state index contributed by atoms with van der Waals surface area (Å²) in [6.45, 7) is 7.76. The minimum atomic E-state index is -0.00337. The zero-order valence-corrected chi connectivity index (χ0v) is 16.0. The Kier molecular flexibility index (Phi) is 6.17. The van der Waals surface area contributed by atoms with Crippen LogP contribution in [0.4, 0.5) is 11.4 Å². The van der Waals surface area contributed by atoms with E-state index < -0.39 is 0 Å². The van der Waals surface area contributed by atoms with Gasteiger partial charge in [-0.25, -0.2) is 0 Å². The molecule has 5 nitrogen and oxygen atoms in total. The Bertz CT molecular complexity index is 613. The van der Waals surface area contributed by atoms with Crippen molar-refractivity contribution in [3.63, 3.8) is 0 Å². The summed E-state index contributed by atoms with van der Waals surface area (Å²) in [6, 6.07) is 8.17. The Hall–Kier alpha value is -2.04. The monoisotopic (exact) mass is 357 g/mol. The number of piperidine rings is 1. The smallest absolute Gasteiger partial charge is 0.227 e. The lowest BCUT2D eigenvalue weighted by Gasteiger charge is -2.31. The zero-order chi connectivity index (χ0) is 18.5. The van der Waals surface area contributed by atoms with E-state index in [1.807, 2.05) is 17.0 Å². The van der Waals surface area contributed by atoms with E-state index in [2.05, 4.69) is 36.2 Å². The van der Waals surface area contributed by atoms with Crippen molar-refractivity contribution in [2.75, 3.05) is 36.4 Å². The Morgan fingerprint density at radius 1 is 1.04 bits per heavy atom. The fraction of sp³-hybridized carbons (Fsp3) is 0.619. The number of hydrogen-bond donors (Lipinski definition) is 1. The number of benzene rings is 1. The van der Waals surface area contributed by atoms with Gasteiger partial charge < -0.3 is 15.1 Å². The van der Waals surface area contributed by atoms with Gasteiger partial charge in [0, 0.05) is 49.9 Å². The van der Waals surface area contributed by atoms with E-state index in [9.17, 15) is 9.59 Å². The second-order valence-corrected chi connectivity index (χ2v) is 7.98. The van der Waals surface area contributed by atoms with Crippen LogP contribution in [0.5, 0.6) is 0 Å². The summed E-state index contributed by atoms with van der Waals surface area (Å²) in [5.74, 6) is 0.676. The SMILES string of the molecule is CC(C)CC(=O)N1CCC(C(=O)Nc2ccc(N3CCCC3)cc2)CC1. The minimum absolute atomic E-state index is 0.00337. The molecule has 26 heavy (non-hydrogen) atoms. The second-order valence-electron chi connectivity index (χ2n) is 7.98. The maximum Gasteiger partial charge on any atom is 0.227 e. The first-order valence-electron chi connectivity index (χ1n) is 9.96. The predicted molar refractivity (Wildman–Crippen MR) is 105 cm³/mol. The largest absolute Gasteiger partial charge is 0.372 e. The molecule has 0 bridgehead atoms. The summed E-state index contributed by atoms with van der Waals surface area (Å²) < 4.78 is 0. The standard InChI is InChI=1S/C21H31N3O2/c1-16(2)15-20(25)24-13-9-17(10-14-24)21(26)22-18-5-7-19(8-6-18)23-11-3-4-12-23/h5-8,16-17H,3-4,9-15H2,1-2H3,(H,22,26). The highest BCUT2D eigenvalue weighted by atomic mass is 16.2. The van der Waals surface area contributed by atoms with Crippen LogP contribution in [0.2, 0.25) is 0 Å². The lowest BCUT2D eigenvalue weighted by atomic mass is 9.95. The number of amides is 2. The third kappa shape index (κ3) is 4.77. The van der Waals surface area contributed by atoms with E-state index in [0.717, 1.165) is 31.6 Å². The number of rotatable bonds is 5. The molecular weight excluding hydrogens is 326 g/mol. The van der Waals surface area contributed by atoms with Gasteiger partial charge in [-0.2, -0.15) is 0 Å². The van der Waals surface area contributed by atoms with Crippen molar-refractivity contribution in [1.29, 1.82) is 0 Å². The van der Waals surface area contributed by atoms with Gasteiger partial charge in [-0.3, -0.25) is 9.59 Å². The molecule has 3 rings (SSSR count). The van der Waals surface area contributed by atoms with Gasteiger partial charge in [-0.05, 0) is 55.9 Å². The van der Waals surface area contributed by atoms with Crippen molar-refractivity contribution in [2.24, 2.45) is 11.8 Å². The molecule has 0 spiro atoms. The van der Waals surface area contributed by atoms with Gasteiger partial charge in [0.15, 0.2) is 0 Å². The lowest BCUT2D eigenvalue weighted by molar-refractivity contribution is -0.135. The first-order chi connectivity index (χ1) is 12.5. The Balaban J connectivity index is 1.47. The van der Waals surface area contributed by atoms with Crippen molar-refractivity contribution in [1.82, 2.24) is 4.90 Å². The molecule has 0 saturated carbocycles. The van der Waals surface area contributed by atoms with Gasteiger partial charge >= 0.3 is 0 Å². The van der Waals surface area contributed by atoms with Crippen LogP contribution in [-0.4, -0.2) is 42.9 Å². The number of nitrogens with zero attached hydrogens (tertiary/aromatic N) is 2. The fourth-order valence-electron chi connectivity index (χ4n) is 3.84. The highest BCUT2D eigenvalue weighted by molar-refractivity contribution is 5.93. The van der Waals surface area contributed by atoms with Gasteiger partial charge in [0.25, 0.3) is 0 Å². The van der Waals surface area contributed by atoms with Crippen LogP contribution in [0, 0.1) is 11.8 Å². The molecule has 2 saturated heterocycles. The van der Waals surface area contributed by atoms with Crippen LogP contribution in [0.1, 0.15) is 46.0 Å². The molecule has 0 radical (unpaired) electrons. The molecule has 2 heterocycles. The summed E-state index contributed by atoms with van der Waals surface area (Å²) in [6.07, 6.45) is 4.62. The van der Waals surface area contributed by atoms with Crippen LogP contribution in [0.15, 0.2) is 24.3 Å². The van der Waals surface area contributed by atoms with Crippen LogP contribution in [-0.2, 0) is 9.59 Å². The summed E-state index contributed by atoms with van der Waals surface area (Å²) >= 11 is 0. The predicted octanol–water partition coefficient (Wildman–Crippen LogP) is 3.51. The van der Waals surface area contributed by atoms with E-state index in [0.29, 0.717) is 25.4 Å². The molecule has 2 fully saturated rings. The van der Waals surface area contributed by atoms with Crippen LogP contribution >= 0.6 is 0 Å². The molecule has 0 aliphatic carbocycles. The molecule has 0 unspecified atom stereocenters. The summed E-state index contributed by atoms with van der Waals surface area (Å²) in [7, 11) is 0. The maximum atomic E-state index is 12.5. The molecule has 2 aliphatic heterocycles. The average Bonchev–Trinajstić information content (AvgIpc) is 3.16. The third-order valence-corrected chi connectivity index (χ3v) is 5.41. The molecule has 0 aromatic heterocycles. The van der Waals surface area contributed by atoms with E-state index in [1.165, 1.54) is 18.5 Å². The molecular formula is C21H31N3O2. The van der Waals surface area contributed by atoms with Crippen LogP contribution in [0.25, 0.3) is 0 Å². The van der Waals surface area contributed by atoms with Gasteiger partial charge in [-0.1, -0.05) is 13.8 Å². The summed E-state index contributed by atoms with van der Waals surface area (Å²) in [4.78, 5) is 29.0. The first kappa shape index (κ1) is 18.7. The molecule has 2 amide bonds. The highest BCUT2D eigenvalue weighted by Crippen LogP contribution is 2.24. The Labute approximate surface area is 156 Å². The quantitative estimate of drug-likeness (QED) is 0.877. The molecule has 1 aromatic carbocycles. The molecule has 1 N–H and O–H groups in total. The zero-order valence-electron chi connectivity index (χ0n) is 16.0. The van der Waals surface area contributed by atoms with Crippen molar-refractivity contribution in [3.05, 3.63) is 24.3 Å².